The van der Waals surface area contributed by atoms with Crippen molar-refractivity contribution >= 4 is 11.9 Å². The van der Waals surface area contributed by atoms with Gasteiger partial charge in [-0.25, -0.2) is 4.79 Å². The van der Waals surface area contributed by atoms with Crippen LogP contribution in [0.15, 0.2) is 24.3 Å². The highest BCUT2D eigenvalue weighted by molar-refractivity contribution is 5.92. The monoisotopic (exact) mass is 306 g/mol. The number of unbranched alkanes of at least 4 members (excludes halogenated alkanes) is 2. The molecule has 1 heterocycles. The van der Waals surface area contributed by atoms with Crippen LogP contribution in [0.3, 0.4) is 0 Å². The molecule has 6 nitrogen and oxygen atoms in total. The fourth-order valence-corrected chi connectivity index (χ4v) is 2.60. The number of phenolic OH excluding ortho intramolecular Hbond substituents is 1. The highest BCUT2D eigenvalue weighted by Crippen LogP contribution is 2.28. The van der Waals surface area contributed by atoms with Gasteiger partial charge in [0.2, 0.25) is 5.91 Å². The van der Waals surface area contributed by atoms with Crippen LogP contribution in [0.4, 0.5) is 0 Å². The number of carbonyl (C=O) groups is 2. The SMILES string of the molecule is CCCCCNC1CN(C(C(=O)O)c2ccc(O)cc2)C1=O. The number of hydrogen-bond acceptors (Lipinski definition) is 4. The Morgan fingerprint density at radius 3 is 2.59 bits per heavy atom. The van der Waals surface area contributed by atoms with E-state index < -0.39 is 12.0 Å². The molecule has 1 amide bonds. The molecular weight excluding hydrogens is 284 g/mol. The molecule has 1 aromatic rings. The lowest BCUT2D eigenvalue weighted by Crippen LogP contribution is -2.64. The standard InChI is InChI=1S/C16H22N2O4/c1-2-3-4-9-17-13-10-18(15(13)20)14(16(21)22)11-5-7-12(19)8-6-11/h5-8,13-14,17,19H,2-4,9-10H2,1H3,(H,21,22). The predicted molar refractivity (Wildman–Crippen MR) is 81.5 cm³/mol. The first-order chi connectivity index (χ1) is 10.5. The summed E-state index contributed by atoms with van der Waals surface area (Å²) in [6, 6.07) is 4.64. The fraction of sp³-hybridized carbons (Fsp3) is 0.500. The van der Waals surface area contributed by atoms with Crippen LogP contribution in [-0.4, -0.2) is 46.1 Å². The number of carboxylic acids is 1. The van der Waals surface area contributed by atoms with E-state index in [2.05, 4.69) is 12.2 Å². The molecule has 6 heteroatoms. The lowest BCUT2D eigenvalue weighted by atomic mass is 9.98. The van der Waals surface area contributed by atoms with Gasteiger partial charge in [-0.05, 0) is 30.7 Å². The molecule has 2 atom stereocenters. The highest BCUT2D eigenvalue weighted by Gasteiger charge is 2.43. The van der Waals surface area contributed by atoms with Gasteiger partial charge >= 0.3 is 5.97 Å². The normalized spacial score (nSPS) is 18.9. The number of rotatable bonds is 8. The van der Waals surface area contributed by atoms with Gasteiger partial charge in [0.1, 0.15) is 11.8 Å². The molecule has 0 radical (unpaired) electrons. The number of nitrogens with zero attached hydrogens (tertiary/aromatic N) is 1. The van der Waals surface area contributed by atoms with Crippen molar-refractivity contribution in [1.29, 1.82) is 0 Å². The lowest BCUT2D eigenvalue weighted by molar-refractivity contribution is -0.159. The molecule has 1 aliphatic heterocycles. The number of amides is 1. The van der Waals surface area contributed by atoms with Crippen LogP contribution in [0.1, 0.15) is 37.8 Å². The van der Waals surface area contributed by atoms with E-state index in [1.54, 1.807) is 0 Å². The van der Waals surface area contributed by atoms with E-state index in [9.17, 15) is 19.8 Å². The van der Waals surface area contributed by atoms with E-state index in [1.165, 1.54) is 29.2 Å². The Bertz CT molecular complexity index is 529. The second-order valence-electron chi connectivity index (χ2n) is 5.54. The molecule has 0 spiro atoms. The molecule has 1 aliphatic rings. The second-order valence-corrected chi connectivity index (χ2v) is 5.54. The highest BCUT2D eigenvalue weighted by atomic mass is 16.4. The third-order valence-corrected chi connectivity index (χ3v) is 3.89. The van der Waals surface area contributed by atoms with Gasteiger partial charge in [-0.15, -0.1) is 0 Å². The summed E-state index contributed by atoms with van der Waals surface area (Å²) in [6.45, 7) is 3.28. The molecular formula is C16H22N2O4. The van der Waals surface area contributed by atoms with Gasteiger partial charge in [0.25, 0.3) is 0 Å². The van der Waals surface area contributed by atoms with Gasteiger partial charge in [-0.3, -0.25) is 4.79 Å². The molecule has 0 aliphatic carbocycles. The molecule has 0 saturated carbocycles. The zero-order valence-corrected chi connectivity index (χ0v) is 12.7. The van der Waals surface area contributed by atoms with Crippen LogP contribution in [0.5, 0.6) is 5.75 Å². The van der Waals surface area contributed by atoms with Crippen LogP contribution in [0.25, 0.3) is 0 Å². The predicted octanol–water partition coefficient (Wildman–Crippen LogP) is 1.51. The number of phenols is 1. The molecule has 1 saturated heterocycles. The number of carbonyl (C=O) groups excluding carboxylic acids is 1. The quantitative estimate of drug-likeness (QED) is 0.500. The van der Waals surface area contributed by atoms with Crippen molar-refractivity contribution in [2.75, 3.05) is 13.1 Å². The van der Waals surface area contributed by atoms with Gasteiger partial charge in [-0.1, -0.05) is 31.9 Å². The number of aromatic hydroxyl groups is 1. The number of hydrogen-bond donors (Lipinski definition) is 3. The molecule has 1 aromatic carbocycles. The minimum atomic E-state index is -1.07. The van der Waals surface area contributed by atoms with Crippen LogP contribution in [0, 0.1) is 0 Å². The lowest BCUT2D eigenvalue weighted by Gasteiger charge is -2.42. The first kappa shape index (κ1) is 16.3. The van der Waals surface area contributed by atoms with Gasteiger partial charge in [-0.2, -0.15) is 0 Å². The van der Waals surface area contributed by atoms with E-state index in [0.29, 0.717) is 12.1 Å². The largest absolute Gasteiger partial charge is 0.508 e. The van der Waals surface area contributed by atoms with Gasteiger partial charge in [0, 0.05) is 6.54 Å². The molecule has 1 fully saturated rings. The molecule has 0 bridgehead atoms. The molecule has 22 heavy (non-hydrogen) atoms. The summed E-state index contributed by atoms with van der Waals surface area (Å²) in [5, 5.41) is 21.9. The maximum absolute atomic E-state index is 12.2. The van der Waals surface area contributed by atoms with E-state index in [4.69, 9.17) is 0 Å². The van der Waals surface area contributed by atoms with Crippen LogP contribution in [-0.2, 0) is 9.59 Å². The van der Waals surface area contributed by atoms with Gasteiger partial charge in [0.05, 0.1) is 0 Å². The van der Waals surface area contributed by atoms with Crippen LogP contribution < -0.4 is 5.32 Å². The molecule has 0 aromatic heterocycles. The van der Waals surface area contributed by atoms with Crippen molar-refractivity contribution in [3.05, 3.63) is 29.8 Å². The van der Waals surface area contributed by atoms with E-state index in [-0.39, 0.29) is 17.7 Å². The third kappa shape index (κ3) is 3.57. The molecule has 2 rings (SSSR count). The fourth-order valence-electron chi connectivity index (χ4n) is 2.60. The summed E-state index contributed by atoms with van der Waals surface area (Å²) >= 11 is 0. The van der Waals surface area contributed by atoms with E-state index in [0.717, 1.165) is 25.8 Å². The topological polar surface area (TPSA) is 89.9 Å². The zero-order chi connectivity index (χ0) is 16.1. The summed E-state index contributed by atoms with van der Waals surface area (Å²) in [5.41, 5.74) is 0.489. The average Bonchev–Trinajstić information content (AvgIpc) is 2.50. The minimum absolute atomic E-state index is 0.0679. The maximum Gasteiger partial charge on any atom is 0.331 e. The van der Waals surface area contributed by atoms with Crippen molar-refractivity contribution in [3.63, 3.8) is 0 Å². The summed E-state index contributed by atoms with van der Waals surface area (Å²) in [7, 11) is 0. The number of β-lactam (4-membered cyclic amide) rings is 1. The van der Waals surface area contributed by atoms with Gasteiger partial charge in [0.15, 0.2) is 6.04 Å². The van der Waals surface area contributed by atoms with Crippen molar-refractivity contribution in [2.45, 2.75) is 38.3 Å². The van der Waals surface area contributed by atoms with Crippen molar-refractivity contribution in [3.8, 4) is 5.75 Å². The number of aliphatic carboxylic acids is 1. The van der Waals surface area contributed by atoms with Crippen LogP contribution in [0.2, 0.25) is 0 Å². The van der Waals surface area contributed by atoms with E-state index in [1.807, 2.05) is 0 Å². The Balaban J connectivity index is 1.96. The number of nitrogens with one attached hydrogen (secondary N) is 1. The average molecular weight is 306 g/mol. The summed E-state index contributed by atoms with van der Waals surface area (Å²) in [6.07, 6.45) is 3.25. The smallest absolute Gasteiger partial charge is 0.331 e. The van der Waals surface area contributed by atoms with Crippen molar-refractivity contribution in [2.24, 2.45) is 0 Å². The summed E-state index contributed by atoms with van der Waals surface area (Å²) < 4.78 is 0. The van der Waals surface area contributed by atoms with Crippen molar-refractivity contribution in [1.82, 2.24) is 10.2 Å². The third-order valence-electron chi connectivity index (χ3n) is 3.89. The summed E-state index contributed by atoms with van der Waals surface area (Å²) in [4.78, 5) is 25.0. The Morgan fingerprint density at radius 1 is 1.36 bits per heavy atom. The van der Waals surface area contributed by atoms with Gasteiger partial charge < -0.3 is 20.4 Å². The first-order valence-corrected chi connectivity index (χ1v) is 7.60. The number of carboxylic acid groups (broad SMARTS) is 1. The van der Waals surface area contributed by atoms with Crippen molar-refractivity contribution < 1.29 is 19.8 Å². The Labute approximate surface area is 129 Å². The van der Waals surface area contributed by atoms with E-state index >= 15 is 0 Å². The van der Waals surface area contributed by atoms with Crippen LogP contribution >= 0.6 is 0 Å². The zero-order valence-electron chi connectivity index (χ0n) is 12.7. The first-order valence-electron chi connectivity index (χ1n) is 7.60. The molecule has 120 valence electrons. The maximum atomic E-state index is 12.2. The summed E-state index contributed by atoms with van der Waals surface area (Å²) in [5.74, 6) is -1.18. The Morgan fingerprint density at radius 2 is 2.05 bits per heavy atom. The Kier molecular flexibility index (Phi) is 5.38. The minimum Gasteiger partial charge on any atom is -0.508 e. The second kappa shape index (κ2) is 7.26. The molecule has 2 unspecified atom stereocenters. The molecule has 3 N–H and O–H groups in total. The number of likely N-dealkylation sites (tertiary alicyclic amines) is 1. The Hall–Kier alpha value is -2.08. The number of benzene rings is 1.